The third-order valence-electron chi connectivity index (χ3n) is 3.50. The largest absolute Gasteiger partial charge is 0.506 e. The minimum absolute atomic E-state index is 0.00869. The van der Waals surface area contributed by atoms with Crippen molar-refractivity contribution in [1.29, 1.82) is 0 Å². The van der Waals surface area contributed by atoms with Crippen LogP contribution in [0.5, 0.6) is 5.75 Å². The van der Waals surface area contributed by atoms with Crippen molar-refractivity contribution in [3.05, 3.63) is 53.3 Å². The summed E-state index contributed by atoms with van der Waals surface area (Å²) in [6, 6.07) is 6.93. The van der Waals surface area contributed by atoms with Crippen LogP contribution in [0, 0.1) is 0 Å². The van der Waals surface area contributed by atoms with Crippen LogP contribution in [0.4, 0.5) is 13.2 Å². The van der Waals surface area contributed by atoms with Crippen molar-refractivity contribution in [1.82, 2.24) is 14.8 Å². The van der Waals surface area contributed by atoms with Crippen LogP contribution in [0.2, 0.25) is 5.02 Å². The third-order valence-corrected chi connectivity index (χ3v) is 4.63. The number of alkyl halides is 3. The highest BCUT2D eigenvalue weighted by Gasteiger charge is 2.35. The number of halogens is 4. The molecule has 0 aliphatic rings. The van der Waals surface area contributed by atoms with E-state index in [1.54, 1.807) is 0 Å². The normalized spacial score (nSPS) is 12.3. The molecular formula is C15H10ClF3N4O3S. The van der Waals surface area contributed by atoms with E-state index in [0.717, 1.165) is 23.0 Å². The molecule has 27 heavy (non-hydrogen) atoms. The summed E-state index contributed by atoms with van der Waals surface area (Å²) < 4.78 is 62.9. The molecule has 0 amide bonds. The predicted octanol–water partition coefficient (Wildman–Crippen LogP) is 2.96. The molecule has 0 unspecified atom stereocenters. The number of rotatable bonds is 3. The summed E-state index contributed by atoms with van der Waals surface area (Å²) in [5.41, 5.74) is -0.847. The maximum atomic E-state index is 13.1. The topological polar surface area (TPSA) is 111 Å². The van der Waals surface area contributed by atoms with Crippen LogP contribution >= 0.6 is 11.6 Å². The molecule has 0 bridgehead atoms. The van der Waals surface area contributed by atoms with Gasteiger partial charge in [-0.15, -0.1) is 0 Å². The minimum Gasteiger partial charge on any atom is -0.506 e. The van der Waals surface area contributed by atoms with Crippen molar-refractivity contribution >= 4 is 21.6 Å². The van der Waals surface area contributed by atoms with Gasteiger partial charge in [-0.3, -0.25) is 0 Å². The number of nitrogens with zero attached hydrogens (tertiary/aromatic N) is 3. The molecule has 142 valence electrons. The third kappa shape index (κ3) is 3.89. The molecule has 0 atom stereocenters. The van der Waals surface area contributed by atoms with E-state index in [-0.39, 0.29) is 27.7 Å². The second-order valence-electron chi connectivity index (χ2n) is 5.39. The zero-order chi connectivity index (χ0) is 20.0. The lowest BCUT2D eigenvalue weighted by atomic mass is 10.1. The minimum atomic E-state index is -4.71. The predicted molar refractivity (Wildman–Crippen MR) is 89.8 cm³/mol. The highest BCUT2D eigenvalue weighted by Crippen LogP contribution is 2.35. The Balaban J connectivity index is 2.19. The molecule has 0 fully saturated rings. The monoisotopic (exact) mass is 418 g/mol. The zero-order valence-electron chi connectivity index (χ0n) is 13.1. The first-order valence-corrected chi connectivity index (χ1v) is 9.04. The van der Waals surface area contributed by atoms with Gasteiger partial charge in [0.15, 0.2) is 10.7 Å². The molecule has 2 aromatic heterocycles. The highest BCUT2D eigenvalue weighted by atomic mass is 35.5. The molecule has 0 aliphatic carbocycles. The van der Waals surface area contributed by atoms with Gasteiger partial charge in [-0.1, -0.05) is 11.6 Å². The average molecular weight is 419 g/mol. The Morgan fingerprint density at radius 3 is 2.37 bits per heavy atom. The van der Waals surface area contributed by atoms with Crippen LogP contribution in [0.3, 0.4) is 0 Å². The molecule has 3 aromatic rings. The molecule has 0 saturated heterocycles. The summed E-state index contributed by atoms with van der Waals surface area (Å²) in [4.78, 5) is 3.64. The number of sulfonamides is 1. The first-order chi connectivity index (χ1) is 12.5. The Morgan fingerprint density at radius 2 is 1.85 bits per heavy atom. The lowest BCUT2D eigenvalue weighted by Gasteiger charge is -2.08. The molecule has 7 nitrogen and oxygen atoms in total. The van der Waals surface area contributed by atoms with E-state index in [4.69, 9.17) is 16.7 Å². The first-order valence-electron chi connectivity index (χ1n) is 7.12. The molecule has 1 aromatic carbocycles. The molecule has 0 spiro atoms. The second kappa shape index (κ2) is 6.51. The zero-order valence-corrected chi connectivity index (χ0v) is 14.7. The number of phenols is 1. The van der Waals surface area contributed by atoms with Gasteiger partial charge in [0.1, 0.15) is 5.75 Å². The van der Waals surface area contributed by atoms with Gasteiger partial charge < -0.3 is 5.11 Å². The van der Waals surface area contributed by atoms with E-state index in [9.17, 15) is 26.7 Å². The maximum Gasteiger partial charge on any atom is 0.435 e. The second-order valence-corrected chi connectivity index (χ2v) is 7.31. The quantitative estimate of drug-likeness (QED) is 0.679. The van der Waals surface area contributed by atoms with Gasteiger partial charge in [0.05, 0.1) is 22.6 Å². The van der Waals surface area contributed by atoms with Gasteiger partial charge >= 0.3 is 6.18 Å². The van der Waals surface area contributed by atoms with Gasteiger partial charge in [0.2, 0.25) is 0 Å². The number of aromatic hydroxyl groups is 1. The standard InChI is InChI=1S/C15H10ClF3N4O3S/c16-10-5-8(1-3-12(10)24)11-6-13(15(17,18)19)22-23(11)9-2-4-14(21-7-9)27(20,25)26/h1-7,24H,(H2,20,25,26). The summed E-state index contributed by atoms with van der Waals surface area (Å²) in [5.74, 6) is -0.235. The van der Waals surface area contributed by atoms with Gasteiger partial charge in [-0.05, 0) is 36.4 Å². The van der Waals surface area contributed by atoms with Crippen LogP contribution in [-0.2, 0) is 16.2 Å². The van der Waals surface area contributed by atoms with Crippen molar-refractivity contribution in [3.8, 4) is 22.7 Å². The van der Waals surface area contributed by atoms with Crippen molar-refractivity contribution in [3.63, 3.8) is 0 Å². The SMILES string of the molecule is NS(=O)(=O)c1ccc(-n2nc(C(F)(F)F)cc2-c2ccc(O)c(Cl)c2)cn1. The van der Waals surface area contributed by atoms with Gasteiger partial charge in [-0.2, -0.15) is 18.3 Å². The summed E-state index contributed by atoms with van der Waals surface area (Å²) in [6.45, 7) is 0. The summed E-state index contributed by atoms with van der Waals surface area (Å²) in [7, 11) is -4.06. The number of nitrogens with two attached hydrogens (primary N) is 1. The number of phenolic OH excluding ortho intramolecular Hbond substituents is 1. The van der Waals surface area contributed by atoms with Crippen molar-refractivity contribution < 1.29 is 26.7 Å². The van der Waals surface area contributed by atoms with E-state index in [1.807, 2.05) is 0 Å². The Kier molecular flexibility index (Phi) is 4.62. The number of aromatic nitrogens is 3. The van der Waals surface area contributed by atoms with E-state index in [0.29, 0.717) is 0 Å². The van der Waals surface area contributed by atoms with Crippen molar-refractivity contribution in [2.45, 2.75) is 11.2 Å². The molecule has 2 heterocycles. The molecule has 12 heteroatoms. The van der Waals surface area contributed by atoms with Crippen LogP contribution in [0.15, 0.2) is 47.6 Å². The molecule has 0 radical (unpaired) electrons. The molecule has 0 aliphatic heterocycles. The van der Waals surface area contributed by atoms with E-state index in [2.05, 4.69) is 10.1 Å². The van der Waals surface area contributed by atoms with E-state index >= 15 is 0 Å². The summed E-state index contributed by atoms with van der Waals surface area (Å²) >= 11 is 5.83. The van der Waals surface area contributed by atoms with Crippen molar-refractivity contribution in [2.24, 2.45) is 5.14 Å². The lowest BCUT2D eigenvalue weighted by molar-refractivity contribution is -0.141. The Morgan fingerprint density at radius 1 is 1.15 bits per heavy atom. The summed E-state index contributed by atoms with van der Waals surface area (Å²) in [5, 5.41) is 17.5. The maximum absolute atomic E-state index is 13.1. The molecule has 3 rings (SSSR count). The fourth-order valence-corrected chi connectivity index (χ4v) is 2.89. The summed E-state index contributed by atoms with van der Waals surface area (Å²) in [6.07, 6.45) is -3.69. The molecule has 3 N–H and O–H groups in total. The number of pyridine rings is 1. The van der Waals surface area contributed by atoms with Crippen molar-refractivity contribution in [2.75, 3.05) is 0 Å². The number of benzene rings is 1. The number of hydrogen-bond acceptors (Lipinski definition) is 5. The fourth-order valence-electron chi connectivity index (χ4n) is 2.25. The molecule has 0 saturated carbocycles. The van der Waals surface area contributed by atoms with Gasteiger partial charge in [0.25, 0.3) is 10.0 Å². The molecular weight excluding hydrogens is 409 g/mol. The average Bonchev–Trinajstić information content (AvgIpc) is 3.02. The number of hydrogen-bond donors (Lipinski definition) is 2. The fraction of sp³-hybridized carbons (Fsp3) is 0.0667. The lowest BCUT2D eigenvalue weighted by Crippen LogP contribution is -2.14. The highest BCUT2D eigenvalue weighted by molar-refractivity contribution is 7.89. The van der Waals surface area contributed by atoms with Crippen LogP contribution in [0.1, 0.15) is 5.69 Å². The number of primary sulfonamides is 1. The Hall–Kier alpha value is -2.63. The smallest absolute Gasteiger partial charge is 0.435 e. The van der Waals surface area contributed by atoms with E-state index < -0.39 is 26.9 Å². The van der Waals surface area contributed by atoms with Crippen LogP contribution in [-0.4, -0.2) is 28.3 Å². The Bertz CT molecular complexity index is 1110. The first kappa shape index (κ1) is 19.1. The van der Waals surface area contributed by atoms with Gasteiger partial charge in [-0.25, -0.2) is 23.2 Å². The van der Waals surface area contributed by atoms with Crippen LogP contribution in [0.25, 0.3) is 16.9 Å². The van der Waals surface area contributed by atoms with Crippen LogP contribution < -0.4 is 5.14 Å². The van der Waals surface area contributed by atoms with E-state index in [1.165, 1.54) is 24.3 Å². The Labute approximate surface area is 155 Å². The van der Waals surface area contributed by atoms with Gasteiger partial charge in [0, 0.05) is 5.56 Å².